The maximum absolute atomic E-state index is 13.3. The molecule has 0 bridgehead atoms. The molecule has 0 radical (unpaired) electrons. The number of anilines is 1. The van der Waals surface area contributed by atoms with Gasteiger partial charge in [0.25, 0.3) is 5.91 Å². The monoisotopic (exact) mass is 665 g/mol. The molecular formula is C31H31F6N6O4+. The number of nitrogens with one attached hydrogen (secondary N) is 2. The zero-order valence-electron chi connectivity index (χ0n) is 25.3. The predicted molar refractivity (Wildman–Crippen MR) is 163 cm³/mol. The molecule has 0 saturated heterocycles. The summed E-state index contributed by atoms with van der Waals surface area (Å²) in [6, 6.07) is 23.3. The first kappa shape index (κ1) is 36.1. The highest BCUT2D eigenvalue weighted by molar-refractivity contribution is 5.99. The summed E-state index contributed by atoms with van der Waals surface area (Å²) in [6.45, 7) is 0.898. The highest BCUT2D eigenvalue weighted by atomic mass is 19.4. The summed E-state index contributed by atoms with van der Waals surface area (Å²) in [5.41, 5.74) is 17.6. The second-order valence-electron chi connectivity index (χ2n) is 11.1. The number of esters is 2. The smallest absolute Gasteiger partial charge is 0.399 e. The highest BCUT2D eigenvalue weighted by Gasteiger charge is 2.49. The van der Waals surface area contributed by atoms with Gasteiger partial charge in [-0.3, -0.25) is 14.7 Å². The average molecular weight is 666 g/mol. The largest absolute Gasteiger partial charge is 0.491 e. The number of nitrogens with two attached hydrogens (primary N) is 2. The van der Waals surface area contributed by atoms with E-state index in [1.807, 2.05) is 59.2 Å². The molecule has 0 unspecified atom stereocenters. The number of halogens is 6. The third-order valence-electron chi connectivity index (χ3n) is 6.55. The second-order valence-corrected chi connectivity index (χ2v) is 11.1. The molecular weight excluding hydrogens is 634 g/mol. The van der Waals surface area contributed by atoms with Gasteiger partial charge in [0.05, 0.1) is 21.1 Å². The lowest BCUT2D eigenvalue weighted by atomic mass is 10.1. The van der Waals surface area contributed by atoms with Crippen LogP contribution in [0, 0.1) is 5.41 Å². The van der Waals surface area contributed by atoms with Crippen LogP contribution < -0.4 is 21.3 Å². The molecule has 3 aromatic carbocycles. The van der Waals surface area contributed by atoms with Crippen molar-refractivity contribution >= 4 is 46.0 Å². The number of hydrogen-bond donors (Lipinski definition) is 4. The number of quaternary nitrogens is 1. The van der Waals surface area contributed by atoms with Crippen molar-refractivity contribution in [2.24, 2.45) is 5.73 Å². The minimum atomic E-state index is -5.62. The summed E-state index contributed by atoms with van der Waals surface area (Å²) < 4.78 is 72.4. The van der Waals surface area contributed by atoms with Gasteiger partial charge in [0, 0.05) is 35.2 Å². The maximum atomic E-state index is 13.3. The third kappa shape index (κ3) is 9.80. The van der Waals surface area contributed by atoms with E-state index in [2.05, 4.69) is 43.3 Å². The minimum Gasteiger partial charge on any atom is -0.399 e. The summed E-state index contributed by atoms with van der Waals surface area (Å²) in [4.78, 5) is 32.6. The van der Waals surface area contributed by atoms with Gasteiger partial charge in [-0.25, -0.2) is 9.59 Å². The number of hydrogen-bond acceptors (Lipinski definition) is 6. The van der Waals surface area contributed by atoms with Crippen LogP contribution in [0.3, 0.4) is 0 Å². The van der Waals surface area contributed by atoms with Crippen LogP contribution in [0.1, 0.15) is 27.2 Å². The number of benzene rings is 3. The Morgan fingerprint density at radius 2 is 1.45 bits per heavy atom. The number of fused-ring (bicyclic) bond motifs is 1. The van der Waals surface area contributed by atoms with Crippen LogP contribution in [-0.4, -0.2) is 61.7 Å². The van der Waals surface area contributed by atoms with Crippen molar-refractivity contribution in [2.75, 3.05) is 26.9 Å². The minimum absolute atomic E-state index is 0.0150. The molecule has 16 heteroatoms. The SMILES string of the molecule is C[N+](C)(C)c1ccc(CNC(=O)c2cc3cc(N)ccc3n2Cc2cccc(C(=N)N)c2)cc1.O=C(OC(=O)C(F)(F)F)C(F)(F)F. The normalized spacial score (nSPS) is 11.8. The molecule has 0 fully saturated rings. The van der Waals surface area contributed by atoms with E-state index in [-0.39, 0.29) is 11.7 Å². The first-order valence-corrected chi connectivity index (χ1v) is 13.6. The summed E-state index contributed by atoms with van der Waals surface area (Å²) >= 11 is 0. The van der Waals surface area contributed by atoms with Crippen molar-refractivity contribution in [1.82, 2.24) is 14.4 Å². The number of rotatable bonds is 7. The number of nitrogen functional groups attached to an aromatic ring is 2. The van der Waals surface area contributed by atoms with Crippen LogP contribution in [0.25, 0.3) is 10.9 Å². The second kappa shape index (κ2) is 13.9. The van der Waals surface area contributed by atoms with Gasteiger partial charge in [-0.1, -0.05) is 30.3 Å². The molecule has 1 amide bonds. The topological polar surface area (TPSA) is 153 Å². The summed E-state index contributed by atoms with van der Waals surface area (Å²) in [6.07, 6.45) is -11.2. The number of ether oxygens (including phenoxy) is 1. The third-order valence-corrected chi connectivity index (χ3v) is 6.55. The molecule has 47 heavy (non-hydrogen) atoms. The van der Waals surface area contributed by atoms with Crippen molar-refractivity contribution in [3.63, 3.8) is 0 Å². The van der Waals surface area contributed by atoms with Gasteiger partial charge in [0.2, 0.25) is 0 Å². The molecule has 250 valence electrons. The highest BCUT2D eigenvalue weighted by Crippen LogP contribution is 2.25. The molecule has 1 heterocycles. The standard InChI is InChI=1S/C27H30N6O.C4F6O3/c1-33(2,3)23-10-7-18(8-11-23)16-31-27(34)25-15-21-14-22(28)9-12-24(21)32(25)17-19-5-4-6-20(13-19)26(29)30;5-3(6,7)1(11)13-2(12)4(8,9)10/h4-15H,16-17,28H2,1-3H3,(H3-,29,30,31,34);/p+1. The molecule has 0 saturated carbocycles. The van der Waals surface area contributed by atoms with Gasteiger partial charge in [-0.2, -0.15) is 26.3 Å². The van der Waals surface area contributed by atoms with Gasteiger partial charge in [0.1, 0.15) is 17.2 Å². The molecule has 0 spiro atoms. The average Bonchev–Trinajstić information content (AvgIpc) is 3.32. The molecule has 1 aromatic heterocycles. The lowest BCUT2D eigenvalue weighted by molar-refractivity contribution is -0.221. The number of carbonyl (C=O) groups is 3. The van der Waals surface area contributed by atoms with Gasteiger partial charge < -0.3 is 26.1 Å². The quantitative estimate of drug-likeness (QED) is 0.0421. The first-order valence-electron chi connectivity index (χ1n) is 13.6. The van der Waals surface area contributed by atoms with Crippen LogP contribution >= 0.6 is 0 Å². The zero-order valence-corrected chi connectivity index (χ0v) is 25.3. The lowest BCUT2D eigenvalue weighted by Gasteiger charge is -2.23. The molecule has 4 rings (SSSR count). The van der Waals surface area contributed by atoms with E-state index in [0.29, 0.717) is 30.0 Å². The first-order chi connectivity index (χ1) is 21.7. The van der Waals surface area contributed by atoms with E-state index in [1.54, 1.807) is 6.07 Å². The summed E-state index contributed by atoms with van der Waals surface area (Å²) in [5.74, 6) is -6.54. The van der Waals surface area contributed by atoms with Crippen molar-refractivity contribution in [1.29, 1.82) is 5.41 Å². The number of nitrogens with zero attached hydrogens (tertiary/aromatic N) is 2. The van der Waals surface area contributed by atoms with Crippen molar-refractivity contribution < 1.29 is 45.5 Å². The van der Waals surface area contributed by atoms with Crippen LogP contribution in [0.15, 0.2) is 72.8 Å². The Labute approximate surface area is 264 Å². The van der Waals surface area contributed by atoms with Crippen LogP contribution in [0.2, 0.25) is 0 Å². The number of carbonyl (C=O) groups excluding carboxylic acids is 3. The Morgan fingerprint density at radius 3 is 1.98 bits per heavy atom. The van der Waals surface area contributed by atoms with Crippen molar-refractivity contribution in [3.05, 3.63) is 95.2 Å². The van der Waals surface area contributed by atoms with Crippen LogP contribution in [0.5, 0.6) is 0 Å². The van der Waals surface area contributed by atoms with Crippen LogP contribution in [-0.2, 0) is 27.4 Å². The van der Waals surface area contributed by atoms with Gasteiger partial charge in [0.15, 0.2) is 0 Å². The molecule has 10 nitrogen and oxygen atoms in total. The number of amides is 1. The summed E-state index contributed by atoms with van der Waals surface area (Å²) in [7, 11) is 6.36. The van der Waals surface area contributed by atoms with E-state index >= 15 is 0 Å². The van der Waals surface area contributed by atoms with E-state index in [1.165, 1.54) is 5.69 Å². The Hall–Kier alpha value is -5.38. The molecule has 0 aliphatic carbocycles. The lowest BCUT2D eigenvalue weighted by Crippen LogP contribution is -2.34. The van der Waals surface area contributed by atoms with E-state index < -0.39 is 24.3 Å². The summed E-state index contributed by atoms with van der Waals surface area (Å²) in [5, 5.41) is 11.7. The number of aromatic nitrogens is 1. The van der Waals surface area contributed by atoms with Crippen molar-refractivity contribution in [2.45, 2.75) is 25.4 Å². The molecule has 0 aliphatic rings. The molecule has 0 aliphatic heterocycles. The molecule has 6 N–H and O–H groups in total. The van der Waals surface area contributed by atoms with Crippen molar-refractivity contribution in [3.8, 4) is 0 Å². The number of amidine groups is 1. The fraction of sp³-hybridized carbons (Fsp3) is 0.226. The zero-order chi connectivity index (χ0) is 35.3. The van der Waals surface area contributed by atoms with Gasteiger partial charge in [-0.05, 0) is 53.6 Å². The Kier molecular flexibility index (Phi) is 10.7. The number of alkyl halides is 6. The van der Waals surface area contributed by atoms with E-state index in [0.717, 1.165) is 26.5 Å². The molecule has 0 atom stereocenters. The van der Waals surface area contributed by atoms with Gasteiger partial charge in [-0.15, -0.1) is 0 Å². The Morgan fingerprint density at radius 1 is 0.851 bits per heavy atom. The predicted octanol–water partition coefficient (Wildman–Crippen LogP) is 4.86. The Balaban J connectivity index is 0.000000392. The fourth-order valence-corrected chi connectivity index (χ4v) is 4.20. The van der Waals surface area contributed by atoms with Crippen LogP contribution in [0.4, 0.5) is 37.7 Å². The van der Waals surface area contributed by atoms with E-state index in [4.69, 9.17) is 16.9 Å². The fourth-order valence-electron chi connectivity index (χ4n) is 4.20. The van der Waals surface area contributed by atoms with E-state index in [9.17, 15) is 40.7 Å². The molecule has 4 aromatic rings. The van der Waals surface area contributed by atoms with Gasteiger partial charge >= 0.3 is 24.3 Å². The maximum Gasteiger partial charge on any atom is 0.491 e. The Bertz CT molecular complexity index is 1770.